The summed E-state index contributed by atoms with van der Waals surface area (Å²) in [6.07, 6.45) is 4.99. The maximum Gasteiger partial charge on any atom is 0.293 e. The zero-order valence-corrected chi connectivity index (χ0v) is 10.5. The molecule has 0 spiro atoms. The summed E-state index contributed by atoms with van der Waals surface area (Å²) < 4.78 is 0. The van der Waals surface area contributed by atoms with Crippen LogP contribution in [-0.4, -0.2) is 39.1 Å². The van der Waals surface area contributed by atoms with E-state index in [1.807, 2.05) is 26.8 Å². The van der Waals surface area contributed by atoms with Gasteiger partial charge in [-0.25, -0.2) is 4.98 Å². The van der Waals surface area contributed by atoms with Gasteiger partial charge in [0.15, 0.2) is 0 Å². The van der Waals surface area contributed by atoms with Crippen LogP contribution in [0.1, 0.15) is 43.6 Å². The number of H-pyrrole nitrogens is 1. The zero-order valence-electron chi connectivity index (χ0n) is 10.5. The predicted octanol–water partition coefficient (Wildman–Crippen LogP) is 1.50. The van der Waals surface area contributed by atoms with Gasteiger partial charge < -0.3 is 4.90 Å². The zero-order chi connectivity index (χ0) is 12.5. The van der Waals surface area contributed by atoms with Gasteiger partial charge in [0.05, 0.1) is 0 Å². The molecule has 0 bridgehead atoms. The van der Waals surface area contributed by atoms with Crippen LogP contribution in [0.3, 0.4) is 0 Å². The highest BCUT2D eigenvalue weighted by molar-refractivity contribution is 5.90. The Bertz CT molecular complexity index is 442. The minimum absolute atomic E-state index is 0.0962. The van der Waals surface area contributed by atoms with Gasteiger partial charge in [0.2, 0.25) is 5.82 Å². The summed E-state index contributed by atoms with van der Waals surface area (Å²) in [5, 5.41) is 6.85. The van der Waals surface area contributed by atoms with Gasteiger partial charge in [-0.15, -0.1) is 5.10 Å². The summed E-state index contributed by atoms with van der Waals surface area (Å²) in [4.78, 5) is 18.1. The minimum atomic E-state index is -0.118. The third-order valence-electron chi connectivity index (χ3n) is 2.73. The molecule has 0 saturated carbocycles. The van der Waals surface area contributed by atoms with Gasteiger partial charge in [0.25, 0.3) is 5.91 Å². The maximum atomic E-state index is 12.1. The van der Waals surface area contributed by atoms with Gasteiger partial charge in [0.1, 0.15) is 5.82 Å². The lowest BCUT2D eigenvalue weighted by Gasteiger charge is -2.21. The van der Waals surface area contributed by atoms with Crippen molar-refractivity contribution < 1.29 is 4.79 Å². The van der Waals surface area contributed by atoms with Crippen molar-refractivity contribution >= 4 is 5.91 Å². The van der Waals surface area contributed by atoms with Crippen molar-refractivity contribution in [3.63, 3.8) is 0 Å². The van der Waals surface area contributed by atoms with Crippen molar-refractivity contribution in [3.05, 3.63) is 23.8 Å². The molecule has 0 radical (unpaired) electrons. The van der Waals surface area contributed by atoms with E-state index in [1.165, 1.54) is 0 Å². The van der Waals surface area contributed by atoms with E-state index in [9.17, 15) is 4.79 Å². The summed E-state index contributed by atoms with van der Waals surface area (Å²) in [5.74, 6) is 0.916. The Hall–Kier alpha value is -1.65. The molecular formula is C12H18N4O. The first kappa shape index (κ1) is 11.8. The van der Waals surface area contributed by atoms with E-state index in [1.54, 1.807) is 4.90 Å². The van der Waals surface area contributed by atoms with Crippen LogP contribution in [0.15, 0.2) is 12.2 Å². The number of aromatic nitrogens is 3. The fourth-order valence-corrected chi connectivity index (χ4v) is 1.66. The molecule has 1 aromatic rings. The van der Waals surface area contributed by atoms with Crippen molar-refractivity contribution in [1.29, 1.82) is 0 Å². The number of carbonyl (C=O) groups is 1. The molecule has 1 aromatic heterocycles. The molecule has 1 N–H and O–H groups in total. The first-order valence-corrected chi connectivity index (χ1v) is 5.85. The average molecular weight is 234 g/mol. The lowest BCUT2D eigenvalue weighted by Crippen LogP contribution is -2.34. The van der Waals surface area contributed by atoms with Crippen LogP contribution < -0.4 is 0 Å². The number of carbonyl (C=O) groups excluding carboxylic acids is 1. The van der Waals surface area contributed by atoms with Crippen LogP contribution in [-0.2, 0) is 5.41 Å². The largest absolute Gasteiger partial charge is 0.332 e. The second-order valence-electron chi connectivity index (χ2n) is 5.27. The average Bonchev–Trinajstić information content (AvgIpc) is 2.78. The number of aromatic amines is 1. The van der Waals surface area contributed by atoms with Gasteiger partial charge in [0, 0.05) is 18.5 Å². The van der Waals surface area contributed by atoms with E-state index in [0.29, 0.717) is 6.54 Å². The highest BCUT2D eigenvalue weighted by Gasteiger charge is 2.24. The topological polar surface area (TPSA) is 61.9 Å². The van der Waals surface area contributed by atoms with Gasteiger partial charge in [-0.2, -0.15) is 0 Å². The fourth-order valence-electron chi connectivity index (χ4n) is 1.66. The molecule has 17 heavy (non-hydrogen) atoms. The second-order valence-corrected chi connectivity index (χ2v) is 5.27. The Morgan fingerprint density at radius 2 is 2.18 bits per heavy atom. The number of nitrogens with one attached hydrogen (secondary N) is 1. The highest BCUT2D eigenvalue weighted by Crippen LogP contribution is 2.17. The molecule has 1 aliphatic rings. The van der Waals surface area contributed by atoms with Crippen LogP contribution in [0.5, 0.6) is 0 Å². The minimum Gasteiger partial charge on any atom is -0.332 e. The molecule has 5 nitrogen and oxygen atoms in total. The van der Waals surface area contributed by atoms with Crippen molar-refractivity contribution in [2.24, 2.45) is 0 Å². The van der Waals surface area contributed by atoms with Gasteiger partial charge >= 0.3 is 0 Å². The van der Waals surface area contributed by atoms with E-state index in [0.717, 1.165) is 18.8 Å². The Morgan fingerprint density at radius 3 is 2.71 bits per heavy atom. The third-order valence-corrected chi connectivity index (χ3v) is 2.73. The van der Waals surface area contributed by atoms with Crippen molar-refractivity contribution in [2.45, 2.75) is 32.6 Å². The van der Waals surface area contributed by atoms with Crippen LogP contribution in [0.4, 0.5) is 0 Å². The molecule has 0 aromatic carbocycles. The van der Waals surface area contributed by atoms with Crippen LogP contribution in [0.25, 0.3) is 0 Å². The van der Waals surface area contributed by atoms with Crippen LogP contribution in [0, 0.1) is 0 Å². The van der Waals surface area contributed by atoms with E-state index in [4.69, 9.17) is 0 Å². The highest BCUT2D eigenvalue weighted by atomic mass is 16.2. The smallest absolute Gasteiger partial charge is 0.293 e. The molecule has 1 amide bonds. The van der Waals surface area contributed by atoms with Crippen molar-refractivity contribution in [1.82, 2.24) is 20.1 Å². The molecule has 1 aliphatic heterocycles. The van der Waals surface area contributed by atoms with Gasteiger partial charge in [-0.05, 0) is 6.42 Å². The third kappa shape index (κ3) is 2.54. The van der Waals surface area contributed by atoms with Gasteiger partial charge in [-0.3, -0.25) is 9.89 Å². The normalized spacial score (nSPS) is 16.3. The number of nitrogens with zero attached hydrogens (tertiary/aromatic N) is 3. The summed E-state index contributed by atoms with van der Waals surface area (Å²) in [7, 11) is 0. The maximum absolute atomic E-state index is 12.1. The summed E-state index contributed by atoms with van der Waals surface area (Å²) in [5.41, 5.74) is -0.118. The lowest BCUT2D eigenvalue weighted by atomic mass is 9.96. The molecule has 92 valence electrons. The fraction of sp³-hybridized carbons (Fsp3) is 0.583. The monoisotopic (exact) mass is 234 g/mol. The predicted molar refractivity (Wildman–Crippen MR) is 64.7 cm³/mol. The molecule has 0 unspecified atom stereocenters. The molecule has 2 heterocycles. The molecule has 5 heteroatoms. The molecule has 0 atom stereocenters. The number of hydrogen-bond donors (Lipinski definition) is 1. The molecule has 0 aliphatic carbocycles. The SMILES string of the molecule is CC(C)(C)c1nc(C(=O)N2CC=CCC2)n[nH]1. The molecule has 0 saturated heterocycles. The van der Waals surface area contributed by atoms with Crippen LogP contribution >= 0.6 is 0 Å². The summed E-state index contributed by atoms with van der Waals surface area (Å²) >= 11 is 0. The molecule has 0 fully saturated rings. The standard InChI is InChI=1S/C12H18N4O/c1-12(2,3)11-13-9(14-15-11)10(17)16-7-5-4-6-8-16/h4-5H,6-8H2,1-3H3,(H,13,14,15). The Labute approximate surface area is 101 Å². The Morgan fingerprint density at radius 1 is 1.41 bits per heavy atom. The quantitative estimate of drug-likeness (QED) is 0.749. The molecule has 2 rings (SSSR count). The van der Waals surface area contributed by atoms with Gasteiger partial charge in [-0.1, -0.05) is 32.9 Å². The number of amides is 1. The van der Waals surface area contributed by atoms with E-state index >= 15 is 0 Å². The second kappa shape index (κ2) is 4.31. The van der Waals surface area contributed by atoms with E-state index in [2.05, 4.69) is 21.3 Å². The van der Waals surface area contributed by atoms with E-state index in [-0.39, 0.29) is 17.1 Å². The Balaban J connectivity index is 2.14. The number of hydrogen-bond acceptors (Lipinski definition) is 3. The summed E-state index contributed by atoms with van der Waals surface area (Å²) in [6, 6.07) is 0. The van der Waals surface area contributed by atoms with Crippen LogP contribution in [0.2, 0.25) is 0 Å². The first-order chi connectivity index (χ1) is 7.98. The first-order valence-electron chi connectivity index (χ1n) is 5.85. The number of rotatable bonds is 1. The molecular weight excluding hydrogens is 216 g/mol. The van der Waals surface area contributed by atoms with Crippen molar-refractivity contribution in [3.8, 4) is 0 Å². The van der Waals surface area contributed by atoms with Crippen molar-refractivity contribution in [2.75, 3.05) is 13.1 Å². The summed E-state index contributed by atoms with van der Waals surface area (Å²) in [6.45, 7) is 7.50. The lowest BCUT2D eigenvalue weighted by molar-refractivity contribution is 0.0759. The Kier molecular flexibility index (Phi) is 3.00. The van der Waals surface area contributed by atoms with E-state index < -0.39 is 0 Å².